The number of aromatic nitrogens is 3. The van der Waals surface area contributed by atoms with Crippen molar-refractivity contribution in [1.29, 1.82) is 0 Å². The first-order valence-electron chi connectivity index (χ1n) is 9.19. The van der Waals surface area contributed by atoms with E-state index in [1.54, 1.807) is 36.7 Å². The summed E-state index contributed by atoms with van der Waals surface area (Å²) in [5, 5.41) is 5.75. The van der Waals surface area contributed by atoms with Gasteiger partial charge in [-0.3, -0.25) is 29.6 Å². The molecule has 0 unspecified atom stereocenters. The molecule has 28 heavy (non-hydrogen) atoms. The van der Waals surface area contributed by atoms with Gasteiger partial charge in [0.2, 0.25) is 11.9 Å². The van der Waals surface area contributed by atoms with Gasteiger partial charge in [0, 0.05) is 18.0 Å². The lowest BCUT2D eigenvalue weighted by atomic mass is 10.0. The minimum atomic E-state index is -0.496. The number of carbonyl (C=O) groups excluding carboxylic acids is 2. The molecule has 0 aromatic carbocycles. The monoisotopic (exact) mass is 385 g/mol. The van der Waals surface area contributed by atoms with Gasteiger partial charge in [0.25, 0.3) is 11.5 Å². The SMILES string of the molecule is CC(C)C(=O)Nc1nc2c(c(=O)[nH]1)N(C(=O)c1ccc[n+](C)c1)[C@H](C)[C@H](C)N2. The summed E-state index contributed by atoms with van der Waals surface area (Å²) < 4.78 is 1.78. The fourth-order valence-electron chi connectivity index (χ4n) is 3.01. The molecule has 9 heteroatoms. The first-order chi connectivity index (χ1) is 13.2. The van der Waals surface area contributed by atoms with Gasteiger partial charge in [-0.25, -0.2) is 4.57 Å². The maximum absolute atomic E-state index is 13.2. The van der Waals surface area contributed by atoms with E-state index in [-0.39, 0.29) is 47.3 Å². The maximum atomic E-state index is 13.2. The molecule has 0 aliphatic carbocycles. The molecule has 0 saturated heterocycles. The Morgan fingerprint density at radius 1 is 1.32 bits per heavy atom. The molecular weight excluding hydrogens is 360 g/mol. The van der Waals surface area contributed by atoms with Gasteiger partial charge < -0.3 is 5.32 Å². The number of H-pyrrole nitrogens is 1. The third kappa shape index (κ3) is 3.60. The fourth-order valence-corrected chi connectivity index (χ4v) is 3.01. The molecule has 3 rings (SSSR count). The van der Waals surface area contributed by atoms with Crippen molar-refractivity contribution in [2.45, 2.75) is 39.8 Å². The molecule has 0 fully saturated rings. The highest BCUT2D eigenvalue weighted by Gasteiger charge is 2.37. The highest BCUT2D eigenvalue weighted by Crippen LogP contribution is 2.31. The van der Waals surface area contributed by atoms with Crippen LogP contribution in [0.15, 0.2) is 29.3 Å². The minimum Gasteiger partial charge on any atom is -0.364 e. The second-order valence-electron chi connectivity index (χ2n) is 7.36. The van der Waals surface area contributed by atoms with Crippen LogP contribution in [-0.2, 0) is 11.8 Å². The van der Waals surface area contributed by atoms with Crippen molar-refractivity contribution >= 4 is 29.3 Å². The smallest absolute Gasteiger partial charge is 0.278 e. The predicted octanol–water partition coefficient (Wildman–Crippen LogP) is 1.04. The van der Waals surface area contributed by atoms with Crippen LogP contribution in [0.4, 0.5) is 17.5 Å². The molecule has 1 aliphatic rings. The highest BCUT2D eigenvalue weighted by molar-refractivity contribution is 6.08. The van der Waals surface area contributed by atoms with Crippen molar-refractivity contribution in [3.63, 3.8) is 0 Å². The molecule has 0 saturated carbocycles. The number of anilines is 3. The van der Waals surface area contributed by atoms with Crippen LogP contribution in [-0.4, -0.2) is 33.9 Å². The number of aryl methyl sites for hydroxylation is 1. The molecule has 3 heterocycles. The molecule has 2 aromatic rings. The van der Waals surface area contributed by atoms with Crippen LogP contribution in [0.5, 0.6) is 0 Å². The summed E-state index contributed by atoms with van der Waals surface area (Å²) in [7, 11) is 1.83. The molecule has 148 valence electrons. The Hall–Kier alpha value is -3.23. The summed E-state index contributed by atoms with van der Waals surface area (Å²) in [6.45, 7) is 7.27. The molecule has 2 aromatic heterocycles. The Bertz CT molecular complexity index is 984. The van der Waals surface area contributed by atoms with E-state index in [9.17, 15) is 14.4 Å². The Kier molecular flexibility index (Phi) is 5.17. The zero-order chi connectivity index (χ0) is 20.6. The van der Waals surface area contributed by atoms with Gasteiger partial charge in [0.1, 0.15) is 12.6 Å². The molecular formula is C19H25N6O3+. The number of nitrogens with zero attached hydrogens (tertiary/aromatic N) is 3. The van der Waals surface area contributed by atoms with Gasteiger partial charge in [0.05, 0.1) is 6.04 Å². The summed E-state index contributed by atoms with van der Waals surface area (Å²) in [5.41, 5.74) is 0.113. The van der Waals surface area contributed by atoms with E-state index in [1.807, 2.05) is 27.1 Å². The van der Waals surface area contributed by atoms with E-state index < -0.39 is 5.56 Å². The zero-order valence-corrected chi connectivity index (χ0v) is 16.6. The van der Waals surface area contributed by atoms with Crippen molar-refractivity contribution in [2.75, 3.05) is 15.5 Å². The number of nitrogens with one attached hydrogen (secondary N) is 3. The molecule has 0 radical (unpaired) electrons. The van der Waals surface area contributed by atoms with Gasteiger partial charge in [-0.15, -0.1) is 0 Å². The van der Waals surface area contributed by atoms with Crippen LogP contribution in [0.1, 0.15) is 38.1 Å². The van der Waals surface area contributed by atoms with Crippen LogP contribution in [0.2, 0.25) is 0 Å². The number of hydrogen-bond donors (Lipinski definition) is 3. The summed E-state index contributed by atoms with van der Waals surface area (Å²) in [6, 6.07) is 3.07. The van der Waals surface area contributed by atoms with Gasteiger partial charge in [0.15, 0.2) is 23.9 Å². The van der Waals surface area contributed by atoms with Crippen LogP contribution < -0.4 is 25.7 Å². The maximum Gasteiger partial charge on any atom is 0.278 e. The molecule has 2 atom stereocenters. The van der Waals surface area contributed by atoms with Crippen molar-refractivity contribution in [2.24, 2.45) is 13.0 Å². The number of rotatable bonds is 3. The largest absolute Gasteiger partial charge is 0.364 e. The van der Waals surface area contributed by atoms with Crippen LogP contribution >= 0.6 is 0 Å². The Labute approximate surface area is 162 Å². The molecule has 9 nitrogen and oxygen atoms in total. The van der Waals surface area contributed by atoms with E-state index in [0.29, 0.717) is 5.56 Å². The summed E-state index contributed by atoms with van der Waals surface area (Å²) in [5.74, 6) is -0.489. The van der Waals surface area contributed by atoms with Crippen molar-refractivity contribution in [3.05, 3.63) is 40.4 Å². The van der Waals surface area contributed by atoms with Gasteiger partial charge in [-0.2, -0.15) is 4.98 Å². The molecule has 2 amide bonds. The number of amides is 2. The summed E-state index contributed by atoms with van der Waals surface area (Å²) in [4.78, 5) is 46.3. The average Bonchev–Trinajstić information content (AvgIpc) is 2.62. The lowest BCUT2D eigenvalue weighted by molar-refractivity contribution is -0.671. The van der Waals surface area contributed by atoms with E-state index >= 15 is 0 Å². The Balaban J connectivity index is 2.06. The number of fused-ring (bicyclic) bond motifs is 1. The predicted molar refractivity (Wildman–Crippen MR) is 105 cm³/mol. The lowest BCUT2D eigenvalue weighted by Crippen LogP contribution is -2.53. The third-order valence-corrected chi connectivity index (χ3v) is 4.80. The topological polar surface area (TPSA) is 111 Å². The van der Waals surface area contributed by atoms with E-state index in [4.69, 9.17) is 0 Å². The standard InChI is InChI=1S/C19H24N6O3/c1-10(2)16(26)22-19-21-15-14(17(27)23-19)25(12(4)11(3)20-15)18(28)13-7-6-8-24(5)9-13/h6-12H,1-5H3,(H2-,20,21,22,23,26,27)/p+1/t11-,12+/m0/s1. The average molecular weight is 385 g/mol. The van der Waals surface area contributed by atoms with Gasteiger partial charge in [-0.05, 0) is 19.9 Å². The Morgan fingerprint density at radius 2 is 2.04 bits per heavy atom. The normalized spacial score (nSPS) is 18.4. The second-order valence-corrected chi connectivity index (χ2v) is 7.36. The third-order valence-electron chi connectivity index (χ3n) is 4.80. The van der Waals surface area contributed by atoms with E-state index in [0.717, 1.165) is 0 Å². The second kappa shape index (κ2) is 7.41. The Morgan fingerprint density at radius 3 is 2.68 bits per heavy atom. The van der Waals surface area contributed by atoms with Gasteiger partial charge in [-0.1, -0.05) is 13.8 Å². The first-order valence-corrected chi connectivity index (χ1v) is 9.19. The highest BCUT2D eigenvalue weighted by atomic mass is 16.2. The van der Waals surface area contributed by atoms with Crippen LogP contribution in [0, 0.1) is 5.92 Å². The summed E-state index contributed by atoms with van der Waals surface area (Å²) >= 11 is 0. The summed E-state index contributed by atoms with van der Waals surface area (Å²) in [6.07, 6.45) is 3.53. The molecule has 1 aliphatic heterocycles. The lowest BCUT2D eigenvalue weighted by Gasteiger charge is -2.38. The fraction of sp³-hybridized carbons (Fsp3) is 0.421. The molecule has 0 bridgehead atoms. The van der Waals surface area contributed by atoms with E-state index in [1.165, 1.54) is 4.90 Å². The van der Waals surface area contributed by atoms with Crippen LogP contribution in [0.25, 0.3) is 0 Å². The van der Waals surface area contributed by atoms with Crippen molar-refractivity contribution in [1.82, 2.24) is 9.97 Å². The molecule has 0 spiro atoms. The number of aromatic amines is 1. The molecule has 3 N–H and O–H groups in total. The zero-order valence-electron chi connectivity index (χ0n) is 16.6. The number of pyridine rings is 1. The van der Waals surface area contributed by atoms with Crippen molar-refractivity contribution in [3.8, 4) is 0 Å². The van der Waals surface area contributed by atoms with Crippen LogP contribution in [0.3, 0.4) is 0 Å². The van der Waals surface area contributed by atoms with Crippen molar-refractivity contribution < 1.29 is 14.2 Å². The number of carbonyl (C=O) groups is 2. The van der Waals surface area contributed by atoms with E-state index in [2.05, 4.69) is 20.6 Å². The van der Waals surface area contributed by atoms with Gasteiger partial charge >= 0.3 is 0 Å². The first kappa shape index (κ1) is 19.5. The minimum absolute atomic E-state index is 0.0511. The quantitative estimate of drug-likeness (QED) is 0.684. The number of hydrogen-bond acceptors (Lipinski definition) is 5.